The van der Waals surface area contributed by atoms with Gasteiger partial charge in [0.2, 0.25) is 0 Å². The molecule has 0 bridgehead atoms. The molecule has 2 aromatic heterocycles. The van der Waals surface area contributed by atoms with E-state index in [2.05, 4.69) is 4.98 Å². The highest BCUT2D eigenvalue weighted by Crippen LogP contribution is 2.32. The highest BCUT2D eigenvalue weighted by Gasteiger charge is 2.31. The Balaban J connectivity index is 1.94. The number of fused-ring (bicyclic) bond motifs is 1. The monoisotopic (exact) mass is 393 g/mol. The Morgan fingerprint density at radius 1 is 1.26 bits per heavy atom. The maximum atomic E-state index is 12.5. The first-order chi connectivity index (χ1) is 12.7. The maximum absolute atomic E-state index is 12.5. The second kappa shape index (κ2) is 7.38. The van der Waals surface area contributed by atoms with Gasteiger partial charge in [0.25, 0.3) is 0 Å². The van der Waals surface area contributed by atoms with Gasteiger partial charge in [0.05, 0.1) is 7.11 Å². The number of halogens is 1. The van der Waals surface area contributed by atoms with Gasteiger partial charge in [-0.2, -0.15) is 0 Å². The van der Waals surface area contributed by atoms with Gasteiger partial charge in [-0.1, -0.05) is 11.6 Å². The van der Waals surface area contributed by atoms with Crippen molar-refractivity contribution in [2.24, 2.45) is 0 Å². The van der Waals surface area contributed by atoms with E-state index in [9.17, 15) is 9.59 Å². The van der Waals surface area contributed by atoms with Gasteiger partial charge in [-0.25, -0.2) is 19.1 Å². The van der Waals surface area contributed by atoms with E-state index >= 15 is 0 Å². The maximum Gasteiger partial charge on any atom is 0.419 e. The minimum absolute atomic E-state index is 0.0293. The molecule has 0 aliphatic carbocycles. The molecule has 0 saturated carbocycles. The number of hydrogen-bond donors (Lipinski definition) is 0. The molecule has 2 aromatic rings. The summed E-state index contributed by atoms with van der Waals surface area (Å²) in [6.07, 6.45) is 0.805. The summed E-state index contributed by atoms with van der Waals surface area (Å²) < 4.78 is 11.9. The van der Waals surface area contributed by atoms with Crippen LogP contribution in [0.5, 0.6) is 0 Å². The van der Waals surface area contributed by atoms with Crippen LogP contribution in [0.3, 0.4) is 0 Å². The minimum Gasteiger partial charge on any atom is -0.452 e. The van der Waals surface area contributed by atoms with Gasteiger partial charge in [-0.15, -0.1) is 0 Å². The summed E-state index contributed by atoms with van der Waals surface area (Å²) in [5, 5.41) is 1.10. The van der Waals surface area contributed by atoms with Crippen molar-refractivity contribution in [3.05, 3.63) is 29.0 Å². The Hall–Kier alpha value is -2.28. The molecule has 3 rings (SSSR count). The fraction of sp³-hybridized carbons (Fsp3) is 0.526. The summed E-state index contributed by atoms with van der Waals surface area (Å²) in [4.78, 5) is 30.9. The standard InChI is InChI=1S/C19H24ClN3O4/c1-19(2,3)27-17(24)22-9-5-6-13(11-22)14-10-12-7-8-15(20)21-16(12)23(14)18(25)26-4/h7-8,10,13H,5-6,9,11H2,1-4H3/t13-/m0/s1. The molecule has 146 valence electrons. The largest absolute Gasteiger partial charge is 0.452 e. The molecule has 0 radical (unpaired) electrons. The summed E-state index contributed by atoms with van der Waals surface area (Å²) in [7, 11) is 1.33. The molecule has 1 saturated heterocycles. The van der Waals surface area contributed by atoms with Crippen molar-refractivity contribution in [1.29, 1.82) is 0 Å². The number of ether oxygens (including phenoxy) is 2. The molecule has 1 aliphatic heterocycles. The molecule has 0 spiro atoms. The van der Waals surface area contributed by atoms with Crippen LogP contribution in [0.25, 0.3) is 11.0 Å². The highest BCUT2D eigenvalue weighted by molar-refractivity contribution is 6.29. The summed E-state index contributed by atoms with van der Waals surface area (Å²) in [5.41, 5.74) is 0.671. The van der Waals surface area contributed by atoms with Gasteiger partial charge >= 0.3 is 12.2 Å². The fourth-order valence-corrected chi connectivity index (χ4v) is 3.51. The third-order valence-electron chi connectivity index (χ3n) is 4.49. The molecule has 1 fully saturated rings. The predicted molar refractivity (Wildman–Crippen MR) is 102 cm³/mol. The van der Waals surface area contributed by atoms with E-state index in [0.717, 1.165) is 23.9 Å². The van der Waals surface area contributed by atoms with Crippen molar-refractivity contribution in [3.63, 3.8) is 0 Å². The quantitative estimate of drug-likeness (QED) is 0.670. The van der Waals surface area contributed by atoms with Crippen LogP contribution in [0, 0.1) is 0 Å². The lowest BCUT2D eigenvalue weighted by atomic mass is 9.95. The van der Waals surface area contributed by atoms with Crippen LogP contribution in [0.4, 0.5) is 9.59 Å². The third kappa shape index (κ3) is 4.18. The lowest BCUT2D eigenvalue weighted by Gasteiger charge is -2.34. The topological polar surface area (TPSA) is 73.7 Å². The Kier molecular flexibility index (Phi) is 5.33. The number of rotatable bonds is 1. The van der Waals surface area contributed by atoms with E-state index in [1.165, 1.54) is 11.7 Å². The zero-order valence-corrected chi connectivity index (χ0v) is 16.7. The second-order valence-electron chi connectivity index (χ2n) is 7.69. The molecule has 0 unspecified atom stereocenters. The van der Waals surface area contributed by atoms with Crippen LogP contribution < -0.4 is 0 Å². The number of methoxy groups -OCH3 is 1. The highest BCUT2D eigenvalue weighted by atomic mass is 35.5. The summed E-state index contributed by atoms with van der Waals surface area (Å²) in [6, 6.07) is 5.42. The van der Waals surface area contributed by atoms with Crippen molar-refractivity contribution in [2.75, 3.05) is 20.2 Å². The van der Waals surface area contributed by atoms with E-state index in [1.54, 1.807) is 11.0 Å². The van der Waals surface area contributed by atoms with Gasteiger partial charge in [0.15, 0.2) is 5.65 Å². The van der Waals surface area contributed by atoms with Crippen LogP contribution in [0.1, 0.15) is 45.2 Å². The molecule has 7 nitrogen and oxygen atoms in total. The van der Waals surface area contributed by atoms with E-state index in [0.29, 0.717) is 23.9 Å². The zero-order chi connectivity index (χ0) is 19.8. The number of aromatic nitrogens is 2. The molecule has 0 N–H and O–H groups in total. The summed E-state index contributed by atoms with van der Waals surface area (Å²) in [5.74, 6) is -0.0293. The average molecular weight is 394 g/mol. The zero-order valence-electron chi connectivity index (χ0n) is 16.0. The van der Waals surface area contributed by atoms with Gasteiger partial charge in [0, 0.05) is 30.1 Å². The van der Waals surface area contributed by atoms with Crippen molar-refractivity contribution in [3.8, 4) is 0 Å². The number of carbonyl (C=O) groups is 2. The number of carbonyl (C=O) groups excluding carboxylic acids is 2. The number of likely N-dealkylation sites (tertiary alicyclic amines) is 1. The molecule has 27 heavy (non-hydrogen) atoms. The van der Waals surface area contributed by atoms with Gasteiger partial charge in [-0.05, 0) is 51.8 Å². The van der Waals surface area contributed by atoms with Gasteiger partial charge in [0.1, 0.15) is 10.8 Å². The van der Waals surface area contributed by atoms with E-state index < -0.39 is 11.7 Å². The van der Waals surface area contributed by atoms with Crippen molar-refractivity contribution in [1.82, 2.24) is 14.5 Å². The van der Waals surface area contributed by atoms with Crippen molar-refractivity contribution >= 4 is 34.8 Å². The van der Waals surface area contributed by atoms with Crippen molar-refractivity contribution in [2.45, 2.75) is 45.1 Å². The number of pyridine rings is 1. The Bertz CT molecular complexity index is 872. The normalized spacial score (nSPS) is 17.8. The lowest BCUT2D eigenvalue weighted by Crippen LogP contribution is -2.42. The molecule has 3 heterocycles. The molecule has 8 heteroatoms. The average Bonchev–Trinajstić information content (AvgIpc) is 2.98. The summed E-state index contributed by atoms with van der Waals surface area (Å²) >= 11 is 6.01. The first kappa shape index (κ1) is 19.5. The predicted octanol–water partition coefficient (Wildman–Crippen LogP) is 4.42. The van der Waals surface area contributed by atoms with E-state index in [4.69, 9.17) is 21.1 Å². The number of hydrogen-bond acceptors (Lipinski definition) is 5. The Labute approximate surface area is 163 Å². The first-order valence-electron chi connectivity index (χ1n) is 8.94. The SMILES string of the molecule is COC(=O)n1c([C@H]2CCCN(C(=O)OC(C)(C)C)C2)cc2ccc(Cl)nc21. The second-order valence-corrected chi connectivity index (χ2v) is 8.07. The van der Waals surface area contributed by atoms with E-state index in [1.807, 2.05) is 32.9 Å². The van der Waals surface area contributed by atoms with Crippen LogP contribution in [-0.4, -0.2) is 52.4 Å². The molecular formula is C19H24ClN3O4. The lowest BCUT2D eigenvalue weighted by molar-refractivity contribution is 0.0196. The van der Waals surface area contributed by atoms with Gasteiger partial charge < -0.3 is 14.4 Å². The molecule has 1 aliphatic rings. The van der Waals surface area contributed by atoms with Crippen LogP contribution in [-0.2, 0) is 9.47 Å². The van der Waals surface area contributed by atoms with E-state index in [-0.39, 0.29) is 12.0 Å². The fourth-order valence-electron chi connectivity index (χ4n) is 3.37. The minimum atomic E-state index is -0.550. The smallest absolute Gasteiger partial charge is 0.419 e. The Morgan fingerprint density at radius 2 is 2.00 bits per heavy atom. The number of nitrogens with zero attached hydrogens (tertiary/aromatic N) is 3. The molecule has 1 atom stereocenters. The van der Waals surface area contributed by atoms with Gasteiger partial charge in [-0.3, -0.25) is 0 Å². The van der Waals surface area contributed by atoms with Crippen LogP contribution in [0.15, 0.2) is 18.2 Å². The third-order valence-corrected chi connectivity index (χ3v) is 4.70. The molecular weight excluding hydrogens is 370 g/mol. The molecule has 0 aromatic carbocycles. The van der Waals surface area contributed by atoms with Crippen molar-refractivity contribution < 1.29 is 19.1 Å². The van der Waals surface area contributed by atoms with Crippen LogP contribution in [0.2, 0.25) is 5.15 Å². The summed E-state index contributed by atoms with van der Waals surface area (Å²) in [6.45, 7) is 6.63. The number of piperidine rings is 1. The first-order valence-corrected chi connectivity index (χ1v) is 9.31. The van der Waals surface area contributed by atoms with Crippen LogP contribution >= 0.6 is 11.6 Å². The Morgan fingerprint density at radius 3 is 2.67 bits per heavy atom. The molecule has 1 amide bonds. The number of amides is 1.